The number of nitrogens with two attached hydrogens (primary N) is 1. The van der Waals surface area contributed by atoms with Gasteiger partial charge in [-0.15, -0.1) is 0 Å². The van der Waals surface area contributed by atoms with Crippen molar-refractivity contribution in [3.8, 4) is 0 Å². The second-order valence-electron chi connectivity index (χ2n) is 8.92. The van der Waals surface area contributed by atoms with E-state index in [1.807, 2.05) is 25.1 Å². The first-order valence-electron chi connectivity index (χ1n) is 12.0. The number of rotatable bonds is 6. The van der Waals surface area contributed by atoms with Crippen LogP contribution in [0.4, 0.5) is 17.5 Å². The Labute approximate surface area is 229 Å². The van der Waals surface area contributed by atoms with Crippen molar-refractivity contribution in [1.29, 1.82) is 0 Å². The third-order valence-electron chi connectivity index (χ3n) is 6.18. The molecule has 0 saturated carbocycles. The number of para-hydroxylation sites is 1. The Morgan fingerprint density at radius 1 is 1.21 bits per heavy atom. The number of pyridine rings is 1. The van der Waals surface area contributed by atoms with Crippen LogP contribution in [0.2, 0.25) is 5.02 Å². The molecule has 1 aliphatic rings. The number of oxazole rings is 1. The van der Waals surface area contributed by atoms with Gasteiger partial charge < -0.3 is 25.5 Å². The lowest BCUT2D eigenvalue weighted by Gasteiger charge is -2.27. The Balaban J connectivity index is 1.49. The molecule has 0 aliphatic carbocycles. The molecule has 0 saturated heterocycles. The Hall–Kier alpha value is -4.83. The van der Waals surface area contributed by atoms with Gasteiger partial charge >= 0.3 is 6.01 Å². The minimum absolute atomic E-state index is 0.197. The monoisotopic (exact) mass is 543 g/mol. The summed E-state index contributed by atoms with van der Waals surface area (Å²) < 4.78 is 11.0. The van der Waals surface area contributed by atoms with E-state index in [9.17, 15) is 4.79 Å². The molecule has 0 radical (unpaired) electrons. The molecule has 4 aromatic rings. The van der Waals surface area contributed by atoms with Crippen molar-refractivity contribution >= 4 is 57.8 Å². The summed E-state index contributed by atoms with van der Waals surface area (Å²) in [6.45, 7) is 7.57. The molecule has 2 aromatic heterocycles. The van der Waals surface area contributed by atoms with Gasteiger partial charge in [-0.05, 0) is 49.7 Å². The number of allylic oxidation sites excluding steroid dienone is 1. The number of hydrogen-bond donors (Lipinski definition) is 4. The van der Waals surface area contributed by atoms with Crippen LogP contribution in [-0.4, -0.2) is 28.9 Å². The zero-order chi connectivity index (χ0) is 27.7. The summed E-state index contributed by atoms with van der Waals surface area (Å²) >= 11 is 6.65. The number of halogens is 1. The first kappa shape index (κ1) is 25.8. The minimum Gasteiger partial charge on any atom is -0.497 e. The zero-order valence-electron chi connectivity index (χ0n) is 21.5. The number of aliphatic imine (C=N–C) groups is 1. The SMILES string of the molecule is C=C(OC)c1ccnc(NC(=O)C2=C(C)NC(Nc3nc4cccc(N)c4o3)=NC2c2ccc(C)cc2Cl)c1. The lowest BCUT2D eigenvalue weighted by Crippen LogP contribution is -2.37. The summed E-state index contributed by atoms with van der Waals surface area (Å²) in [5.41, 5.74) is 10.8. The number of carbonyl (C=O) groups is 1. The zero-order valence-corrected chi connectivity index (χ0v) is 22.3. The van der Waals surface area contributed by atoms with E-state index in [4.69, 9.17) is 31.5 Å². The predicted octanol–water partition coefficient (Wildman–Crippen LogP) is 5.41. The maximum atomic E-state index is 13.6. The Bertz CT molecular complexity index is 1670. The van der Waals surface area contributed by atoms with E-state index in [2.05, 4.69) is 32.5 Å². The van der Waals surface area contributed by atoms with Crippen molar-refractivity contribution in [3.05, 3.63) is 94.3 Å². The number of hydrogen-bond acceptors (Lipinski definition) is 9. The fourth-order valence-corrected chi connectivity index (χ4v) is 4.55. The van der Waals surface area contributed by atoms with Gasteiger partial charge in [-0.2, -0.15) is 4.98 Å². The highest BCUT2D eigenvalue weighted by atomic mass is 35.5. The van der Waals surface area contributed by atoms with E-state index in [-0.39, 0.29) is 6.01 Å². The average Bonchev–Trinajstić information content (AvgIpc) is 3.31. The molecular weight excluding hydrogens is 518 g/mol. The summed E-state index contributed by atoms with van der Waals surface area (Å²) in [6.07, 6.45) is 1.57. The third kappa shape index (κ3) is 5.27. The van der Waals surface area contributed by atoms with E-state index in [0.717, 1.165) is 5.56 Å². The Kier molecular flexibility index (Phi) is 6.95. The maximum Gasteiger partial charge on any atom is 0.302 e. The number of methoxy groups -OCH3 is 1. The minimum atomic E-state index is -0.742. The Morgan fingerprint density at radius 3 is 2.77 bits per heavy atom. The fraction of sp³-hybridized carbons (Fsp3) is 0.143. The number of fused-ring (bicyclic) bond motifs is 1. The number of guanidine groups is 1. The molecule has 5 rings (SSSR count). The van der Waals surface area contributed by atoms with Gasteiger partial charge in [0, 0.05) is 28.0 Å². The number of benzene rings is 2. The number of nitrogens with one attached hydrogen (secondary N) is 3. The van der Waals surface area contributed by atoms with Crippen LogP contribution < -0.4 is 21.7 Å². The molecule has 2 aromatic carbocycles. The second kappa shape index (κ2) is 10.5. The molecule has 0 spiro atoms. The number of nitrogen functional groups attached to an aromatic ring is 1. The van der Waals surface area contributed by atoms with Crippen LogP contribution in [0.15, 0.2) is 82.0 Å². The molecule has 0 fully saturated rings. The van der Waals surface area contributed by atoms with Gasteiger partial charge in [0.2, 0.25) is 5.96 Å². The molecule has 11 heteroatoms. The largest absolute Gasteiger partial charge is 0.497 e. The number of nitrogens with zero attached hydrogens (tertiary/aromatic N) is 3. The first-order chi connectivity index (χ1) is 18.7. The Morgan fingerprint density at radius 2 is 2.03 bits per heavy atom. The summed E-state index contributed by atoms with van der Waals surface area (Å²) in [6, 6.07) is 13.8. The first-order valence-corrected chi connectivity index (χ1v) is 12.4. The third-order valence-corrected chi connectivity index (χ3v) is 6.50. The van der Waals surface area contributed by atoms with Gasteiger partial charge in [0.15, 0.2) is 5.58 Å². The van der Waals surface area contributed by atoms with Crippen LogP contribution in [0.1, 0.15) is 29.7 Å². The van der Waals surface area contributed by atoms with Crippen LogP contribution in [-0.2, 0) is 9.53 Å². The van der Waals surface area contributed by atoms with Crippen LogP contribution in [0, 0.1) is 6.92 Å². The van der Waals surface area contributed by atoms with Crippen LogP contribution in [0.3, 0.4) is 0 Å². The summed E-state index contributed by atoms with van der Waals surface area (Å²) in [5, 5.41) is 9.53. The van der Waals surface area contributed by atoms with Crippen molar-refractivity contribution in [1.82, 2.24) is 15.3 Å². The number of aromatic nitrogens is 2. The van der Waals surface area contributed by atoms with Crippen molar-refractivity contribution in [2.45, 2.75) is 19.9 Å². The molecule has 10 nitrogen and oxygen atoms in total. The van der Waals surface area contributed by atoms with Gasteiger partial charge in [-0.25, -0.2) is 9.98 Å². The normalized spacial score (nSPS) is 15.0. The second-order valence-corrected chi connectivity index (χ2v) is 9.33. The van der Waals surface area contributed by atoms with Crippen molar-refractivity contribution in [2.75, 3.05) is 23.5 Å². The summed E-state index contributed by atoms with van der Waals surface area (Å²) in [7, 11) is 1.53. The van der Waals surface area contributed by atoms with E-state index in [0.29, 0.717) is 61.7 Å². The van der Waals surface area contributed by atoms with Gasteiger partial charge in [0.05, 0.1) is 18.4 Å². The molecule has 5 N–H and O–H groups in total. The lowest BCUT2D eigenvalue weighted by atomic mass is 9.95. The van der Waals surface area contributed by atoms with E-state index in [1.165, 1.54) is 7.11 Å². The lowest BCUT2D eigenvalue weighted by molar-refractivity contribution is -0.113. The molecule has 3 heterocycles. The van der Waals surface area contributed by atoms with Gasteiger partial charge in [0.1, 0.15) is 23.1 Å². The quantitative estimate of drug-likeness (QED) is 0.187. The molecule has 1 atom stereocenters. The number of carbonyl (C=O) groups excluding carboxylic acids is 1. The number of ether oxygens (including phenoxy) is 1. The van der Waals surface area contributed by atoms with Crippen LogP contribution in [0.5, 0.6) is 0 Å². The van der Waals surface area contributed by atoms with Gasteiger partial charge in [-0.3, -0.25) is 10.1 Å². The van der Waals surface area contributed by atoms with Crippen LogP contribution >= 0.6 is 11.6 Å². The van der Waals surface area contributed by atoms with Crippen molar-refractivity contribution in [3.63, 3.8) is 0 Å². The molecular formula is C28H26ClN7O3. The average molecular weight is 544 g/mol. The maximum absolute atomic E-state index is 13.6. The van der Waals surface area contributed by atoms with Crippen LogP contribution in [0.25, 0.3) is 16.9 Å². The number of anilines is 3. The van der Waals surface area contributed by atoms with Gasteiger partial charge in [0.25, 0.3) is 5.91 Å². The van der Waals surface area contributed by atoms with Crippen molar-refractivity contribution < 1.29 is 13.9 Å². The van der Waals surface area contributed by atoms with E-state index >= 15 is 0 Å². The number of amides is 1. The molecule has 1 aliphatic heterocycles. The predicted molar refractivity (Wildman–Crippen MR) is 153 cm³/mol. The smallest absolute Gasteiger partial charge is 0.302 e. The highest BCUT2D eigenvalue weighted by Gasteiger charge is 2.31. The molecule has 1 amide bonds. The van der Waals surface area contributed by atoms with E-state index in [1.54, 1.807) is 43.5 Å². The van der Waals surface area contributed by atoms with Crippen molar-refractivity contribution in [2.24, 2.45) is 4.99 Å². The highest BCUT2D eigenvalue weighted by Crippen LogP contribution is 2.36. The molecule has 39 heavy (non-hydrogen) atoms. The topological polar surface area (TPSA) is 140 Å². The number of aryl methyl sites for hydroxylation is 1. The fourth-order valence-electron chi connectivity index (χ4n) is 4.21. The highest BCUT2D eigenvalue weighted by molar-refractivity contribution is 6.31. The molecule has 198 valence electrons. The van der Waals surface area contributed by atoms with E-state index < -0.39 is 11.9 Å². The molecule has 1 unspecified atom stereocenters. The summed E-state index contributed by atoms with van der Waals surface area (Å²) in [5.74, 6) is 0.717. The van der Waals surface area contributed by atoms with Gasteiger partial charge in [-0.1, -0.05) is 36.4 Å². The molecule has 0 bridgehead atoms. The summed E-state index contributed by atoms with van der Waals surface area (Å²) in [4.78, 5) is 27.1. The standard InChI is InChI=1S/C28H26ClN7O3/c1-14-8-9-18(19(29)12-14)24-23(26(37)34-22-13-17(10-11-31-22)16(3)38-4)15(2)32-27(35-24)36-28-33-21-7-5-6-20(30)25(21)39-28/h5-13,24H,3,30H2,1-2,4H3,(H,31,34,37)(H2,32,33,35,36).